The zero-order valence-electron chi connectivity index (χ0n) is 8.46. The lowest BCUT2D eigenvalue weighted by Gasteiger charge is -2.07. The molecule has 0 amide bonds. The third-order valence-electron chi connectivity index (χ3n) is 1.35. The van der Waals surface area contributed by atoms with Gasteiger partial charge in [0.1, 0.15) is 5.83 Å². The molecule has 0 aromatic carbocycles. The summed E-state index contributed by atoms with van der Waals surface area (Å²) in [5, 5.41) is 7.56. The fraction of sp³-hybridized carbons (Fsp3) is 0.300. The van der Waals surface area contributed by atoms with Gasteiger partial charge in [-0.2, -0.15) is 0 Å². The van der Waals surface area contributed by atoms with Gasteiger partial charge in [0.2, 0.25) is 0 Å². The van der Waals surface area contributed by atoms with Gasteiger partial charge < -0.3 is 9.84 Å². The second kappa shape index (κ2) is 7.06. The minimum atomic E-state index is -0.833. The maximum atomic E-state index is 12.7. The predicted octanol–water partition coefficient (Wildman–Crippen LogP) is 2.99. The number of hydrogen-bond donors (Lipinski definition) is 1. The number of carbonyl (C=O) groups is 1. The largest absolute Gasteiger partial charge is 0.504 e. The van der Waals surface area contributed by atoms with Crippen LogP contribution in [0, 0.1) is 0 Å². The molecule has 0 aromatic rings. The third kappa shape index (κ3) is 5.91. The SMILES string of the molecule is CC(=O)O.COC=C1CC=CC(F)=C1Cl. The van der Waals surface area contributed by atoms with Gasteiger partial charge in [0.05, 0.1) is 18.4 Å². The molecule has 0 aromatic heterocycles. The molecule has 1 aliphatic rings. The molecule has 0 atom stereocenters. The van der Waals surface area contributed by atoms with E-state index in [4.69, 9.17) is 26.2 Å². The second-order valence-corrected chi connectivity index (χ2v) is 3.04. The van der Waals surface area contributed by atoms with Gasteiger partial charge >= 0.3 is 0 Å². The molecular weight excluding hydrogens is 223 g/mol. The zero-order valence-corrected chi connectivity index (χ0v) is 9.21. The highest BCUT2D eigenvalue weighted by atomic mass is 35.5. The molecule has 0 unspecified atom stereocenters. The van der Waals surface area contributed by atoms with Crippen molar-refractivity contribution in [2.45, 2.75) is 13.3 Å². The molecule has 84 valence electrons. The first-order chi connectivity index (χ1) is 6.99. The van der Waals surface area contributed by atoms with Gasteiger partial charge in [-0.25, -0.2) is 4.39 Å². The van der Waals surface area contributed by atoms with E-state index in [1.165, 1.54) is 19.4 Å². The average Bonchev–Trinajstić information content (AvgIpc) is 2.12. The third-order valence-corrected chi connectivity index (χ3v) is 1.78. The lowest BCUT2D eigenvalue weighted by molar-refractivity contribution is -0.134. The quantitative estimate of drug-likeness (QED) is 0.710. The van der Waals surface area contributed by atoms with E-state index in [1.807, 2.05) is 0 Å². The van der Waals surface area contributed by atoms with Gasteiger partial charge in [-0.1, -0.05) is 17.7 Å². The number of carboxylic acid groups (broad SMARTS) is 1. The van der Waals surface area contributed by atoms with Gasteiger partial charge in [0, 0.05) is 12.5 Å². The minimum absolute atomic E-state index is 0.148. The molecule has 15 heavy (non-hydrogen) atoms. The zero-order chi connectivity index (χ0) is 11.8. The number of rotatable bonds is 1. The summed E-state index contributed by atoms with van der Waals surface area (Å²) < 4.78 is 17.4. The van der Waals surface area contributed by atoms with Crippen LogP contribution in [0.3, 0.4) is 0 Å². The smallest absolute Gasteiger partial charge is 0.300 e. The Hall–Kier alpha value is -1.29. The Morgan fingerprint density at radius 3 is 2.73 bits per heavy atom. The molecule has 1 aliphatic carbocycles. The van der Waals surface area contributed by atoms with Crippen molar-refractivity contribution in [2.24, 2.45) is 0 Å². The summed E-state index contributed by atoms with van der Waals surface area (Å²) in [4.78, 5) is 9.00. The monoisotopic (exact) mass is 234 g/mol. The van der Waals surface area contributed by atoms with Crippen molar-refractivity contribution in [3.05, 3.63) is 34.8 Å². The molecule has 3 nitrogen and oxygen atoms in total. The van der Waals surface area contributed by atoms with E-state index >= 15 is 0 Å². The first kappa shape index (κ1) is 13.7. The Kier molecular flexibility index (Phi) is 6.45. The predicted molar refractivity (Wildman–Crippen MR) is 56.1 cm³/mol. The van der Waals surface area contributed by atoms with E-state index in [0.717, 1.165) is 6.92 Å². The maximum absolute atomic E-state index is 12.7. The number of halogens is 2. The highest BCUT2D eigenvalue weighted by molar-refractivity contribution is 6.32. The number of carboxylic acids is 1. The van der Waals surface area contributed by atoms with Crippen LogP contribution in [0.15, 0.2) is 34.8 Å². The first-order valence-electron chi connectivity index (χ1n) is 4.12. The second-order valence-electron chi connectivity index (χ2n) is 2.67. The molecule has 0 saturated heterocycles. The van der Waals surface area contributed by atoms with Gasteiger partial charge in [-0.15, -0.1) is 0 Å². The Balaban J connectivity index is 0.000000423. The van der Waals surface area contributed by atoms with Gasteiger partial charge in [-0.3, -0.25) is 4.79 Å². The van der Waals surface area contributed by atoms with Crippen molar-refractivity contribution in [2.75, 3.05) is 7.11 Å². The highest BCUT2D eigenvalue weighted by Gasteiger charge is 2.10. The summed E-state index contributed by atoms with van der Waals surface area (Å²) in [6, 6.07) is 0. The molecule has 1 N–H and O–H groups in total. The van der Waals surface area contributed by atoms with E-state index in [-0.39, 0.29) is 5.03 Å². The fourth-order valence-electron chi connectivity index (χ4n) is 0.848. The molecule has 0 fully saturated rings. The summed E-state index contributed by atoms with van der Waals surface area (Å²) >= 11 is 5.62. The van der Waals surface area contributed by atoms with Crippen molar-refractivity contribution in [1.82, 2.24) is 0 Å². The molecule has 0 spiro atoms. The summed E-state index contributed by atoms with van der Waals surface area (Å²) in [5.74, 6) is -1.23. The average molecular weight is 235 g/mol. The molecule has 0 heterocycles. The van der Waals surface area contributed by atoms with Gasteiger partial charge in [0.15, 0.2) is 0 Å². The van der Waals surface area contributed by atoms with Gasteiger partial charge in [-0.05, 0) is 12.5 Å². The number of allylic oxidation sites excluding steroid dienone is 5. The Morgan fingerprint density at radius 2 is 2.27 bits per heavy atom. The number of ether oxygens (including phenoxy) is 1. The van der Waals surface area contributed by atoms with Crippen LogP contribution in [0.25, 0.3) is 0 Å². The number of methoxy groups -OCH3 is 1. The lowest BCUT2D eigenvalue weighted by atomic mass is 10.1. The summed E-state index contributed by atoms with van der Waals surface area (Å²) in [6.07, 6.45) is 5.13. The standard InChI is InChI=1S/C8H8ClFO.C2H4O2/c1-11-5-6-3-2-4-7(10)8(6)9;1-2(3)4/h2,4-5H,3H2,1H3;1H3,(H,3,4). The van der Waals surface area contributed by atoms with Crippen molar-refractivity contribution >= 4 is 17.6 Å². The highest BCUT2D eigenvalue weighted by Crippen LogP contribution is 2.28. The van der Waals surface area contributed by atoms with Crippen LogP contribution in [0.1, 0.15) is 13.3 Å². The van der Waals surface area contributed by atoms with Crippen molar-refractivity contribution in [1.29, 1.82) is 0 Å². The van der Waals surface area contributed by atoms with E-state index < -0.39 is 11.8 Å². The van der Waals surface area contributed by atoms with Crippen LogP contribution in [0.4, 0.5) is 4.39 Å². The van der Waals surface area contributed by atoms with Crippen LogP contribution >= 0.6 is 11.6 Å². The molecule has 1 rings (SSSR count). The number of aliphatic carboxylic acids is 1. The van der Waals surface area contributed by atoms with Crippen molar-refractivity contribution in [3.63, 3.8) is 0 Å². The summed E-state index contributed by atoms with van der Waals surface area (Å²) in [7, 11) is 1.51. The Bertz CT molecular complexity index is 315. The van der Waals surface area contributed by atoms with E-state index in [0.29, 0.717) is 12.0 Å². The van der Waals surface area contributed by atoms with Crippen molar-refractivity contribution < 1.29 is 19.0 Å². The van der Waals surface area contributed by atoms with Crippen LogP contribution in [0.5, 0.6) is 0 Å². The lowest BCUT2D eigenvalue weighted by Crippen LogP contribution is -1.90. The molecule has 5 heteroatoms. The van der Waals surface area contributed by atoms with Crippen LogP contribution in [-0.2, 0) is 9.53 Å². The van der Waals surface area contributed by atoms with Gasteiger partial charge in [0.25, 0.3) is 5.97 Å². The van der Waals surface area contributed by atoms with E-state index in [1.54, 1.807) is 6.08 Å². The number of hydrogen-bond acceptors (Lipinski definition) is 2. The minimum Gasteiger partial charge on any atom is -0.504 e. The Labute approximate surface area is 92.5 Å². The fourth-order valence-corrected chi connectivity index (χ4v) is 1.03. The maximum Gasteiger partial charge on any atom is 0.300 e. The van der Waals surface area contributed by atoms with E-state index in [2.05, 4.69) is 0 Å². The molecule has 0 saturated carbocycles. The van der Waals surface area contributed by atoms with Crippen LogP contribution in [0.2, 0.25) is 0 Å². The van der Waals surface area contributed by atoms with E-state index in [9.17, 15) is 4.39 Å². The Morgan fingerprint density at radius 1 is 1.73 bits per heavy atom. The molecule has 0 aliphatic heterocycles. The van der Waals surface area contributed by atoms with Crippen LogP contribution < -0.4 is 0 Å². The molecular formula is C10H12ClFO3. The summed E-state index contributed by atoms with van der Waals surface area (Å²) in [6.45, 7) is 1.08. The van der Waals surface area contributed by atoms with Crippen LogP contribution in [-0.4, -0.2) is 18.2 Å². The first-order valence-corrected chi connectivity index (χ1v) is 4.50. The van der Waals surface area contributed by atoms with Crippen molar-refractivity contribution in [3.8, 4) is 0 Å². The topological polar surface area (TPSA) is 46.5 Å². The summed E-state index contributed by atoms with van der Waals surface area (Å²) in [5.41, 5.74) is 0.675. The normalized spacial score (nSPS) is 17.2. The molecule has 0 radical (unpaired) electrons. The molecule has 0 bridgehead atoms.